The zero-order valence-electron chi connectivity index (χ0n) is 12.4. The van der Waals surface area contributed by atoms with Crippen LogP contribution < -0.4 is 10.6 Å². The van der Waals surface area contributed by atoms with Gasteiger partial charge in [-0.25, -0.2) is 4.98 Å². The van der Waals surface area contributed by atoms with E-state index in [9.17, 15) is 9.59 Å². The summed E-state index contributed by atoms with van der Waals surface area (Å²) >= 11 is 6.22. The molecule has 0 unspecified atom stereocenters. The Bertz CT molecular complexity index is 810. The smallest absolute Gasteiger partial charge is 0.281 e. The van der Waals surface area contributed by atoms with Crippen LogP contribution in [0.5, 0.6) is 0 Å². The topological polar surface area (TPSA) is 64.4 Å². The molecule has 1 fully saturated rings. The number of carbonyl (C=O) groups excluding carboxylic acids is 1. The molecule has 1 aromatic carbocycles. The first-order chi connectivity index (χ1) is 10.5. The Balaban J connectivity index is 2.29. The van der Waals surface area contributed by atoms with Gasteiger partial charge in [-0.3, -0.25) is 9.59 Å². The largest absolute Gasteiger partial charge is 0.378 e. The van der Waals surface area contributed by atoms with Gasteiger partial charge in [-0.15, -0.1) is 0 Å². The summed E-state index contributed by atoms with van der Waals surface area (Å²) in [5.74, 6) is -0.138. The molecular weight excluding hydrogens is 306 g/mol. The van der Waals surface area contributed by atoms with Crippen LogP contribution in [-0.4, -0.2) is 41.7 Å². The van der Waals surface area contributed by atoms with Crippen LogP contribution in [0, 0.1) is 6.92 Å². The lowest BCUT2D eigenvalue weighted by Gasteiger charge is -2.30. The summed E-state index contributed by atoms with van der Waals surface area (Å²) in [4.78, 5) is 28.9. The number of halogens is 1. The van der Waals surface area contributed by atoms with Crippen LogP contribution >= 0.6 is 11.6 Å². The fraction of sp³-hybridized carbons (Fsp3) is 0.400. The molecular formula is C15H16ClN3O3. The number of nitrogens with zero attached hydrogens (tertiary/aromatic N) is 3. The third-order valence-electron chi connectivity index (χ3n) is 3.71. The van der Waals surface area contributed by atoms with Gasteiger partial charge in [0.05, 0.1) is 37.2 Å². The molecule has 0 radical (unpaired) electrons. The maximum Gasteiger partial charge on any atom is 0.281 e. The highest BCUT2D eigenvalue weighted by Crippen LogP contribution is 2.19. The molecule has 0 aliphatic carbocycles. The van der Waals surface area contributed by atoms with E-state index in [1.807, 2.05) is 11.9 Å². The van der Waals surface area contributed by atoms with Crippen molar-refractivity contribution in [3.63, 3.8) is 0 Å². The van der Waals surface area contributed by atoms with Crippen LogP contribution in [0.15, 0.2) is 16.9 Å². The van der Waals surface area contributed by atoms with Gasteiger partial charge >= 0.3 is 0 Å². The lowest BCUT2D eigenvalue weighted by Crippen LogP contribution is -2.49. The monoisotopic (exact) mass is 321 g/mol. The fourth-order valence-electron chi connectivity index (χ4n) is 2.67. The lowest BCUT2D eigenvalue weighted by atomic mass is 10.0. The number of ketones is 1. The number of aromatic nitrogens is 2. The summed E-state index contributed by atoms with van der Waals surface area (Å²) in [6, 6.07) is 3.47. The van der Waals surface area contributed by atoms with Gasteiger partial charge in [-0.2, -0.15) is 4.68 Å². The average molecular weight is 322 g/mol. The summed E-state index contributed by atoms with van der Waals surface area (Å²) in [6.07, 6.45) is 0. The zero-order chi connectivity index (χ0) is 15.9. The summed E-state index contributed by atoms with van der Waals surface area (Å²) in [6.45, 7) is 5.51. The molecule has 2 heterocycles. The zero-order valence-corrected chi connectivity index (χ0v) is 13.2. The van der Waals surface area contributed by atoms with Crippen molar-refractivity contribution in [2.75, 3.05) is 31.3 Å². The van der Waals surface area contributed by atoms with Crippen molar-refractivity contribution in [1.82, 2.24) is 9.66 Å². The SMILES string of the molecule is CC(=O)c1cc(C)cc2c(=O)n(N3CCOCC3)c(Cl)nc12. The second-order valence-corrected chi connectivity index (χ2v) is 5.67. The number of hydrogen-bond acceptors (Lipinski definition) is 5. The quantitative estimate of drug-likeness (QED) is 0.620. The number of hydrogen-bond donors (Lipinski definition) is 0. The number of aryl methyl sites for hydroxylation is 1. The first kappa shape index (κ1) is 15.0. The minimum Gasteiger partial charge on any atom is -0.378 e. The van der Waals surface area contributed by atoms with Crippen LogP contribution in [0.3, 0.4) is 0 Å². The molecule has 7 heteroatoms. The maximum absolute atomic E-state index is 12.8. The second kappa shape index (κ2) is 5.70. The Hall–Kier alpha value is -1.92. The van der Waals surface area contributed by atoms with Gasteiger partial charge in [0.15, 0.2) is 5.78 Å². The molecule has 0 amide bonds. The normalized spacial score (nSPS) is 15.3. The van der Waals surface area contributed by atoms with Crippen molar-refractivity contribution in [3.05, 3.63) is 38.9 Å². The number of ether oxygens (including phenoxy) is 1. The Morgan fingerprint density at radius 2 is 2.00 bits per heavy atom. The molecule has 0 N–H and O–H groups in total. The van der Waals surface area contributed by atoms with E-state index < -0.39 is 0 Å². The summed E-state index contributed by atoms with van der Waals surface area (Å²) in [5.41, 5.74) is 1.36. The van der Waals surface area contributed by atoms with Crippen LogP contribution in [0.25, 0.3) is 10.9 Å². The first-order valence-electron chi connectivity index (χ1n) is 7.06. The molecule has 0 atom stereocenters. The Labute approximate surface area is 132 Å². The van der Waals surface area contributed by atoms with Gasteiger partial charge in [0.25, 0.3) is 5.56 Å². The van der Waals surface area contributed by atoms with Gasteiger partial charge < -0.3 is 9.75 Å². The maximum atomic E-state index is 12.8. The third-order valence-corrected chi connectivity index (χ3v) is 3.95. The Morgan fingerprint density at radius 3 is 2.64 bits per heavy atom. The average Bonchev–Trinajstić information content (AvgIpc) is 2.48. The van der Waals surface area contributed by atoms with E-state index in [1.165, 1.54) is 11.6 Å². The summed E-state index contributed by atoms with van der Waals surface area (Å²) in [7, 11) is 0. The molecule has 0 spiro atoms. The molecule has 1 aromatic heterocycles. The van der Waals surface area contributed by atoms with E-state index in [1.54, 1.807) is 12.1 Å². The predicted molar refractivity (Wildman–Crippen MR) is 84.5 cm³/mol. The van der Waals surface area contributed by atoms with Crippen molar-refractivity contribution in [2.24, 2.45) is 0 Å². The van der Waals surface area contributed by atoms with Gasteiger partial charge in [0, 0.05) is 5.56 Å². The minimum atomic E-state index is -0.261. The van der Waals surface area contributed by atoms with Crippen LogP contribution in [0.4, 0.5) is 0 Å². The summed E-state index contributed by atoms with van der Waals surface area (Å²) < 4.78 is 6.66. The number of benzene rings is 1. The van der Waals surface area contributed by atoms with E-state index in [2.05, 4.69) is 4.98 Å². The minimum absolute atomic E-state index is 0.0609. The van der Waals surface area contributed by atoms with Crippen molar-refractivity contribution >= 4 is 28.3 Å². The van der Waals surface area contributed by atoms with E-state index >= 15 is 0 Å². The van der Waals surface area contributed by atoms with Crippen LogP contribution in [0.1, 0.15) is 22.8 Å². The molecule has 1 aliphatic heterocycles. The number of Topliss-reactive ketones (excluding diaryl/α,β-unsaturated/α-hetero) is 1. The predicted octanol–water partition coefficient (Wildman–Crippen LogP) is 1.53. The standard InChI is InChI=1S/C15H16ClN3O3/c1-9-7-11(10(2)20)13-12(8-9)14(21)19(15(16)17-13)18-3-5-22-6-4-18/h7-8H,3-6H2,1-2H3. The molecule has 1 saturated heterocycles. The lowest BCUT2D eigenvalue weighted by molar-refractivity contribution is 0.101. The highest BCUT2D eigenvalue weighted by atomic mass is 35.5. The molecule has 1 aliphatic rings. The number of morpholine rings is 1. The molecule has 3 rings (SSSR count). The van der Waals surface area contributed by atoms with Crippen LogP contribution in [0.2, 0.25) is 5.28 Å². The van der Waals surface area contributed by atoms with Crippen molar-refractivity contribution < 1.29 is 9.53 Å². The first-order valence-corrected chi connectivity index (χ1v) is 7.43. The summed E-state index contributed by atoms with van der Waals surface area (Å²) in [5, 5.41) is 2.28. The number of fused-ring (bicyclic) bond motifs is 1. The second-order valence-electron chi connectivity index (χ2n) is 5.33. The van der Waals surface area contributed by atoms with E-state index in [4.69, 9.17) is 16.3 Å². The third kappa shape index (κ3) is 2.48. The molecule has 0 bridgehead atoms. The van der Waals surface area contributed by atoms with Crippen molar-refractivity contribution in [2.45, 2.75) is 13.8 Å². The van der Waals surface area contributed by atoms with Gasteiger partial charge in [-0.05, 0) is 43.1 Å². The van der Waals surface area contributed by atoms with Crippen LogP contribution in [-0.2, 0) is 4.74 Å². The molecule has 0 saturated carbocycles. The molecule has 22 heavy (non-hydrogen) atoms. The number of carbonyl (C=O) groups is 1. The van der Waals surface area contributed by atoms with Gasteiger partial charge in [-0.1, -0.05) is 0 Å². The van der Waals surface area contributed by atoms with Crippen molar-refractivity contribution in [1.29, 1.82) is 0 Å². The highest BCUT2D eigenvalue weighted by Gasteiger charge is 2.20. The van der Waals surface area contributed by atoms with E-state index in [-0.39, 0.29) is 16.6 Å². The van der Waals surface area contributed by atoms with Gasteiger partial charge in [0.2, 0.25) is 5.28 Å². The fourth-order valence-corrected chi connectivity index (χ4v) is 2.94. The van der Waals surface area contributed by atoms with Crippen molar-refractivity contribution in [3.8, 4) is 0 Å². The molecule has 116 valence electrons. The Kier molecular flexibility index (Phi) is 3.88. The number of rotatable bonds is 2. The highest BCUT2D eigenvalue weighted by molar-refractivity contribution is 6.29. The van der Waals surface area contributed by atoms with E-state index in [0.717, 1.165) is 5.56 Å². The molecule has 2 aromatic rings. The van der Waals surface area contributed by atoms with Gasteiger partial charge in [0.1, 0.15) is 0 Å². The van der Waals surface area contributed by atoms with E-state index in [0.29, 0.717) is 42.8 Å². The molecule has 6 nitrogen and oxygen atoms in total. The Morgan fingerprint density at radius 1 is 1.32 bits per heavy atom.